The number of rotatable bonds is 23. The Bertz CT molecular complexity index is 426. The van der Waals surface area contributed by atoms with Crippen LogP contribution in [0.1, 0.15) is 149 Å². The third-order valence-corrected chi connectivity index (χ3v) is 5.49. The lowest BCUT2D eigenvalue weighted by atomic mass is 10.1. The Morgan fingerprint density at radius 2 is 0.875 bits per heavy atom. The predicted octanol–water partition coefficient (Wildman–Crippen LogP) is 9.60. The van der Waals surface area contributed by atoms with Crippen LogP contribution in [0.15, 0.2) is 24.3 Å². The number of carboxylic acid groups (broad SMARTS) is 1. The minimum Gasteiger partial charge on any atom is -0.481 e. The van der Waals surface area contributed by atoms with Gasteiger partial charge >= 0.3 is 5.97 Å². The van der Waals surface area contributed by atoms with Gasteiger partial charge in [-0.1, -0.05) is 109 Å². The molecular weight excluding hydrogens is 396 g/mol. The van der Waals surface area contributed by atoms with Gasteiger partial charge in [-0.3, -0.25) is 4.79 Å². The van der Waals surface area contributed by atoms with E-state index in [0.717, 1.165) is 32.0 Å². The molecule has 0 aromatic rings. The van der Waals surface area contributed by atoms with Crippen LogP contribution >= 0.6 is 0 Å². The van der Waals surface area contributed by atoms with E-state index in [1.165, 1.54) is 103 Å². The molecule has 0 unspecified atom stereocenters. The van der Waals surface area contributed by atoms with Gasteiger partial charge in [0.05, 0.1) is 0 Å². The van der Waals surface area contributed by atoms with E-state index in [4.69, 9.17) is 5.11 Å². The molecular formula is C29H54O3. The van der Waals surface area contributed by atoms with Gasteiger partial charge in [-0.25, -0.2) is 0 Å². The monoisotopic (exact) mass is 450 g/mol. The molecule has 0 aliphatic carbocycles. The molecule has 0 fully saturated rings. The first-order valence-electron chi connectivity index (χ1n) is 13.6. The molecule has 0 aliphatic rings. The lowest BCUT2D eigenvalue weighted by Crippen LogP contribution is -1.93. The number of unbranched alkanes of at least 4 members (excludes halogenated alkanes) is 16. The molecule has 0 rings (SSSR count). The van der Waals surface area contributed by atoms with Gasteiger partial charge in [-0.15, -0.1) is 0 Å². The Kier molecular flexibility index (Phi) is 32.6. The molecule has 0 radical (unpaired) electrons. The van der Waals surface area contributed by atoms with Gasteiger partial charge in [-0.05, 0) is 51.4 Å². The number of carbonyl (C=O) groups is 2. The summed E-state index contributed by atoms with van der Waals surface area (Å²) in [5, 5.41) is 8.47. The van der Waals surface area contributed by atoms with Crippen molar-refractivity contribution in [3.8, 4) is 0 Å². The highest BCUT2D eigenvalue weighted by Crippen LogP contribution is 2.09. The van der Waals surface area contributed by atoms with E-state index in [-0.39, 0.29) is 0 Å². The highest BCUT2D eigenvalue weighted by atomic mass is 16.4. The number of hydrogen-bond donors (Lipinski definition) is 1. The number of carbonyl (C=O) groups excluding carboxylic acids is 1. The van der Waals surface area contributed by atoms with Crippen LogP contribution in [0.25, 0.3) is 0 Å². The molecule has 0 saturated carbocycles. The van der Waals surface area contributed by atoms with Crippen molar-refractivity contribution < 1.29 is 14.7 Å². The fraction of sp³-hybridized carbons (Fsp3) is 0.793. The molecule has 0 aromatic heterocycles. The fourth-order valence-electron chi connectivity index (χ4n) is 3.38. The molecule has 0 saturated heterocycles. The number of carboxylic acids is 1. The second-order valence-electron chi connectivity index (χ2n) is 8.79. The summed E-state index contributed by atoms with van der Waals surface area (Å²) in [6, 6.07) is 0. The maximum Gasteiger partial charge on any atom is 0.303 e. The lowest BCUT2D eigenvalue weighted by molar-refractivity contribution is -0.137. The molecule has 188 valence electrons. The minimum atomic E-state index is -0.665. The number of allylic oxidation sites excluding steroid dienone is 4. The SMILES string of the molecule is CCCC/C=C\CCCCCCCC=O.CCCC/C=C\CCCCCCCCC(=O)O. The van der Waals surface area contributed by atoms with E-state index in [0.29, 0.717) is 6.42 Å². The first-order chi connectivity index (χ1) is 15.7. The van der Waals surface area contributed by atoms with E-state index >= 15 is 0 Å². The summed E-state index contributed by atoms with van der Waals surface area (Å²) in [7, 11) is 0. The summed E-state index contributed by atoms with van der Waals surface area (Å²) >= 11 is 0. The van der Waals surface area contributed by atoms with Gasteiger partial charge < -0.3 is 9.90 Å². The first-order valence-corrected chi connectivity index (χ1v) is 13.6. The van der Waals surface area contributed by atoms with E-state index < -0.39 is 5.97 Å². The van der Waals surface area contributed by atoms with Gasteiger partial charge in [-0.2, -0.15) is 0 Å². The van der Waals surface area contributed by atoms with Crippen LogP contribution < -0.4 is 0 Å². The molecule has 0 spiro atoms. The first kappa shape index (κ1) is 32.8. The average molecular weight is 451 g/mol. The van der Waals surface area contributed by atoms with Crippen molar-refractivity contribution in [1.82, 2.24) is 0 Å². The molecule has 0 aromatic carbocycles. The van der Waals surface area contributed by atoms with Crippen LogP contribution in [-0.4, -0.2) is 17.4 Å². The normalized spacial score (nSPS) is 11.1. The fourth-order valence-corrected chi connectivity index (χ4v) is 3.38. The van der Waals surface area contributed by atoms with Crippen LogP contribution in [0.2, 0.25) is 0 Å². The molecule has 0 amide bonds. The van der Waals surface area contributed by atoms with Crippen LogP contribution in [0, 0.1) is 0 Å². The van der Waals surface area contributed by atoms with Crippen LogP contribution in [-0.2, 0) is 9.59 Å². The number of aliphatic carboxylic acids is 1. The molecule has 0 heterocycles. The smallest absolute Gasteiger partial charge is 0.303 e. The predicted molar refractivity (Wildman–Crippen MR) is 140 cm³/mol. The zero-order valence-electron chi connectivity index (χ0n) is 21.5. The highest BCUT2D eigenvalue weighted by Gasteiger charge is 1.96. The molecule has 0 bridgehead atoms. The van der Waals surface area contributed by atoms with Crippen molar-refractivity contribution in [2.75, 3.05) is 0 Å². The van der Waals surface area contributed by atoms with E-state index in [1.54, 1.807) is 0 Å². The van der Waals surface area contributed by atoms with Gasteiger partial charge in [0.1, 0.15) is 6.29 Å². The summed E-state index contributed by atoms with van der Waals surface area (Å²) in [4.78, 5) is 20.3. The molecule has 3 nitrogen and oxygen atoms in total. The molecule has 1 N–H and O–H groups in total. The summed E-state index contributed by atoms with van der Waals surface area (Å²) in [6.07, 6.45) is 34.6. The number of hydrogen-bond acceptors (Lipinski definition) is 2. The van der Waals surface area contributed by atoms with Crippen molar-refractivity contribution in [3.05, 3.63) is 24.3 Å². The van der Waals surface area contributed by atoms with Gasteiger partial charge in [0.15, 0.2) is 0 Å². The average Bonchev–Trinajstić information content (AvgIpc) is 2.78. The van der Waals surface area contributed by atoms with E-state index in [2.05, 4.69) is 38.2 Å². The Morgan fingerprint density at radius 3 is 1.25 bits per heavy atom. The third kappa shape index (κ3) is 36.0. The highest BCUT2D eigenvalue weighted by molar-refractivity contribution is 5.66. The zero-order valence-corrected chi connectivity index (χ0v) is 21.5. The Labute approximate surface area is 200 Å². The summed E-state index contributed by atoms with van der Waals surface area (Å²) < 4.78 is 0. The van der Waals surface area contributed by atoms with Crippen molar-refractivity contribution in [3.63, 3.8) is 0 Å². The Morgan fingerprint density at radius 1 is 0.531 bits per heavy atom. The van der Waals surface area contributed by atoms with Crippen LogP contribution in [0.3, 0.4) is 0 Å². The van der Waals surface area contributed by atoms with Gasteiger partial charge in [0.2, 0.25) is 0 Å². The van der Waals surface area contributed by atoms with E-state index in [1.807, 2.05) is 0 Å². The second-order valence-corrected chi connectivity index (χ2v) is 8.79. The lowest BCUT2D eigenvalue weighted by Gasteiger charge is -1.99. The second kappa shape index (κ2) is 31.8. The molecule has 0 atom stereocenters. The van der Waals surface area contributed by atoms with Crippen LogP contribution in [0.4, 0.5) is 0 Å². The Hall–Kier alpha value is -1.38. The van der Waals surface area contributed by atoms with Crippen molar-refractivity contribution in [1.29, 1.82) is 0 Å². The summed E-state index contributed by atoms with van der Waals surface area (Å²) in [5.74, 6) is -0.665. The van der Waals surface area contributed by atoms with Crippen molar-refractivity contribution in [2.45, 2.75) is 149 Å². The van der Waals surface area contributed by atoms with Crippen molar-refractivity contribution >= 4 is 12.3 Å². The molecule has 32 heavy (non-hydrogen) atoms. The number of aldehydes is 1. The standard InChI is InChI=1S/C15H28O2.C14H26O/c1-2-3-4-5-6-7-8-9-10-11-12-13-14-15(16)17;1-2-3-4-5-6-7-8-9-10-11-12-13-14-15/h5-6H,2-4,7-14H2,1H3,(H,16,17);5-6,14H,2-4,7-13H2,1H3/b2*6-5-. The minimum absolute atomic E-state index is 0.333. The van der Waals surface area contributed by atoms with Gasteiger partial charge in [0, 0.05) is 12.8 Å². The molecule has 0 aliphatic heterocycles. The quantitative estimate of drug-likeness (QED) is 0.0957. The largest absolute Gasteiger partial charge is 0.481 e. The van der Waals surface area contributed by atoms with Crippen molar-refractivity contribution in [2.24, 2.45) is 0 Å². The maximum atomic E-state index is 10.3. The molecule has 3 heteroatoms. The van der Waals surface area contributed by atoms with Crippen LogP contribution in [0.5, 0.6) is 0 Å². The Balaban J connectivity index is 0. The summed E-state index contributed by atoms with van der Waals surface area (Å²) in [6.45, 7) is 4.45. The zero-order chi connectivity index (χ0) is 24.0. The van der Waals surface area contributed by atoms with E-state index in [9.17, 15) is 9.59 Å². The topological polar surface area (TPSA) is 54.4 Å². The summed E-state index contributed by atoms with van der Waals surface area (Å²) in [5.41, 5.74) is 0. The van der Waals surface area contributed by atoms with Gasteiger partial charge in [0.25, 0.3) is 0 Å². The third-order valence-electron chi connectivity index (χ3n) is 5.49. The maximum absolute atomic E-state index is 10.3.